The minimum Gasteiger partial charge on any atom is -0.356 e. The SMILES string of the molecule is O=C(c1ccc(Br)cc1)C(F)C(O)(O)C(F)(F)F. The summed E-state index contributed by atoms with van der Waals surface area (Å²) in [7, 11) is 0. The van der Waals surface area contributed by atoms with E-state index in [1.54, 1.807) is 0 Å². The molecule has 3 nitrogen and oxygen atoms in total. The molecule has 1 atom stereocenters. The average molecular weight is 331 g/mol. The normalized spacial score (nSPS) is 14.4. The van der Waals surface area contributed by atoms with Gasteiger partial charge in [-0.2, -0.15) is 13.2 Å². The molecule has 8 heteroatoms. The van der Waals surface area contributed by atoms with E-state index in [2.05, 4.69) is 15.9 Å². The van der Waals surface area contributed by atoms with Crippen molar-refractivity contribution in [2.45, 2.75) is 18.1 Å². The monoisotopic (exact) mass is 330 g/mol. The van der Waals surface area contributed by atoms with Crippen LogP contribution in [0.2, 0.25) is 0 Å². The maximum atomic E-state index is 13.3. The van der Waals surface area contributed by atoms with Gasteiger partial charge in [0.05, 0.1) is 0 Å². The Morgan fingerprint density at radius 2 is 1.61 bits per heavy atom. The predicted molar refractivity (Wildman–Crippen MR) is 56.6 cm³/mol. The van der Waals surface area contributed by atoms with Gasteiger partial charge in [0.2, 0.25) is 12.0 Å². The van der Waals surface area contributed by atoms with Crippen LogP contribution in [0.15, 0.2) is 28.7 Å². The summed E-state index contributed by atoms with van der Waals surface area (Å²) in [5.41, 5.74) is -0.401. The second-order valence-corrected chi connectivity index (χ2v) is 4.37. The molecule has 0 saturated heterocycles. The lowest BCUT2D eigenvalue weighted by Crippen LogP contribution is -2.55. The van der Waals surface area contributed by atoms with Gasteiger partial charge in [-0.15, -0.1) is 0 Å². The van der Waals surface area contributed by atoms with Gasteiger partial charge in [0.15, 0.2) is 0 Å². The molecule has 0 fully saturated rings. The van der Waals surface area contributed by atoms with Crippen molar-refractivity contribution in [2.75, 3.05) is 0 Å². The van der Waals surface area contributed by atoms with Crippen molar-refractivity contribution in [1.29, 1.82) is 0 Å². The largest absolute Gasteiger partial charge is 0.446 e. The molecule has 100 valence electrons. The Kier molecular flexibility index (Phi) is 4.14. The smallest absolute Gasteiger partial charge is 0.356 e. The van der Waals surface area contributed by atoms with Gasteiger partial charge in [-0.25, -0.2) is 4.39 Å². The van der Waals surface area contributed by atoms with Crippen LogP contribution in [-0.2, 0) is 0 Å². The second-order valence-electron chi connectivity index (χ2n) is 3.46. The molecule has 0 bridgehead atoms. The Balaban J connectivity index is 3.01. The fourth-order valence-corrected chi connectivity index (χ4v) is 1.35. The molecule has 2 N–H and O–H groups in total. The fourth-order valence-electron chi connectivity index (χ4n) is 1.09. The molecule has 0 radical (unpaired) electrons. The first kappa shape index (κ1) is 15.1. The number of hydrogen-bond acceptors (Lipinski definition) is 3. The molecule has 0 heterocycles. The summed E-state index contributed by atoms with van der Waals surface area (Å²) in [6.07, 6.45) is -9.18. The van der Waals surface area contributed by atoms with Crippen molar-refractivity contribution < 1.29 is 32.6 Å². The zero-order valence-electron chi connectivity index (χ0n) is 8.58. The molecular formula is C10H7BrF4O3. The summed E-state index contributed by atoms with van der Waals surface area (Å²) in [5, 5.41) is 17.3. The third-order valence-electron chi connectivity index (χ3n) is 2.13. The molecule has 0 saturated carbocycles. The van der Waals surface area contributed by atoms with Gasteiger partial charge >= 0.3 is 12.0 Å². The summed E-state index contributed by atoms with van der Waals surface area (Å²) >= 11 is 3.02. The zero-order chi connectivity index (χ0) is 14.1. The molecule has 0 spiro atoms. The van der Waals surface area contributed by atoms with Gasteiger partial charge in [0.25, 0.3) is 0 Å². The molecule has 1 aromatic carbocycles. The Hall–Kier alpha value is -0.990. The highest BCUT2D eigenvalue weighted by atomic mass is 79.9. The Labute approximate surface area is 107 Å². The van der Waals surface area contributed by atoms with E-state index in [4.69, 9.17) is 10.2 Å². The molecule has 0 amide bonds. The van der Waals surface area contributed by atoms with Crippen molar-refractivity contribution in [2.24, 2.45) is 0 Å². The third kappa shape index (κ3) is 2.88. The molecular weight excluding hydrogens is 324 g/mol. The Bertz CT molecular complexity index is 441. The highest BCUT2D eigenvalue weighted by Crippen LogP contribution is 2.33. The van der Waals surface area contributed by atoms with Gasteiger partial charge in [-0.05, 0) is 12.1 Å². The standard InChI is InChI=1S/C10H7BrF4O3/c11-6-3-1-5(2-4-6)7(16)8(12)9(17,18)10(13,14)15/h1-4,8,17-18H. The lowest BCUT2D eigenvalue weighted by atomic mass is 10.0. The van der Waals surface area contributed by atoms with Gasteiger partial charge in [-0.1, -0.05) is 28.1 Å². The average Bonchev–Trinajstić information content (AvgIpc) is 2.26. The third-order valence-corrected chi connectivity index (χ3v) is 2.66. The molecule has 1 rings (SSSR count). The number of benzene rings is 1. The molecule has 0 aromatic heterocycles. The molecule has 1 aromatic rings. The Morgan fingerprint density at radius 1 is 1.17 bits per heavy atom. The van der Waals surface area contributed by atoms with Crippen LogP contribution in [0.1, 0.15) is 10.4 Å². The lowest BCUT2D eigenvalue weighted by Gasteiger charge is -2.26. The zero-order valence-corrected chi connectivity index (χ0v) is 10.2. The van der Waals surface area contributed by atoms with E-state index in [9.17, 15) is 22.4 Å². The number of ketones is 1. The van der Waals surface area contributed by atoms with Crippen LogP contribution in [-0.4, -0.2) is 34.1 Å². The fraction of sp³-hybridized carbons (Fsp3) is 0.300. The van der Waals surface area contributed by atoms with Gasteiger partial charge in [0.1, 0.15) is 0 Å². The van der Waals surface area contributed by atoms with E-state index in [0.717, 1.165) is 12.1 Å². The Morgan fingerprint density at radius 3 is 2.00 bits per heavy atom. The van der Waals surface area contributed by atoms with E-state index in [1.165, 1.54) is 12.1 Å². The first-order valence-corrected chi connectivity index (χ1v) is 5.32. The lowest BCUT2D eigenvalue weighted by molar-refractivity contribution is -0.362. The summed E-state index contributed by atoms with van der Waals surface area (Å²) in [6, 6.07) is 4.74. The number of halogens is 5. The van der Waals surface area contributed by atoms with Crippen molar-refractivity contribution >= 4 is 21.7 Å². The van der Waals surface area contributed by atoms with Crippen LogP contribution in [0.25, 0.3) is 0 Å². The van der Waals surface area contributed by atoms with E-state index in [-0.39, 0.29) is 0 Å². The number of carbonyl (C=O) groups is 1. The van der Waals surface area contributed by atoms with Crippen LogP contribution in [0, 0.1) is 0 Å². The van der Waals surface area contributed by atoms with Crippen LogP contribution in [0.3, 0.4) is 0 Å². The van der Waals surface area contributed by atoms with Gasteiger partial charge in [-0.3, -0.25) is 4.79 Å². The van der Waals surface area contributed by atoms with E-state index in [1.807, 2.05) is 0 Å². The minimum absolute atomic E-state index is 0.401. The predicted octanol–water partition coefficient (Wildman–Crippen LogP) is 2.21. The second kappa shape index (κ2) is 4.94. The van der Waals surface area contributed by atoms with Crippen molar-refractivity contribution in [1.82, 2.24) is 0 Å². The highest BCUT2D eigenvalue weighted by Gasteiger charge is 2.61. The highest BCUT2D eigenvalue weighted by molar-refractivity contribution is 9.10. The van der Waals surface area contributed by atoms with Crippen molar-refractivity contribution in [3.8, 4) is 0 Å². The summed E-state index contributed by atoms with van der Waals surface area (Å²) in [4.78, 5) is 11.3. The summed E-state index contributed by atoms with van der Waals surface area (Å²) < 4.78 is 50.2. The maximum absolute atomic E-state index is 13.3. The first-order chi connectivity index (χ1) is 8.07. The van der Waals surface area contributed by atoms with Crippen LogP contribution >= 0.6 is 15.9 Å². The molecule has 0 aliphatic carbocycles. The number of rotatable bonds is 3. The summed E-state index contributed by atoms with van der Waals surface area (Å²) in [5.74, 6) is -6.37. The number of aliphatic hydroxyl groups is 2. The molecule has 1 unspecified atom stereocenters. The topological polar surface area (TPSA) is 57.5 Å². The van der Waals surface area contributed by atoms with Gasteiger partial charge < -0.3 is 10.2 Å². The number of carbonyl (C=O) groups excluding carboxylic acids is 1. The number of hydrogen-bond donors (Lipinski definition) is 2. The molecule has 18 heavy (non-hydrogen) atoms. The van der Waals surface area contributed by atoms with Crippen LogP contribution in [0.4, 0.5) is 17.6 Å². The van der Waals surface area contributed by atoms with E-state index in [0.29, 0.717) is 4.47 Å². The number of Topliss-reactive ketones (excluding diaryl/α,β-unsaturated/α-hetero) is 1. The summed E-state index contributed by atoms with van der Waals surface area (Å²) in [6.45, 7) is 0. The van der Waals surface area contributed by atoms with Crippen molar-refractivity contribution in [3.05, 3.63) is 34.3 Å². The quantitative estimate of drug-likeness (QED) is 0.507. The number of alkyl halides is 4. The minimum atomic E-state index is -5.67. The van der Waals surface area contributed by atoms with Crippen molar-refractivity contribution in [3.63, 3.8) is 0 Å². The first-order valence-electron chi connectivity index (χ1n) is 4.52. The molecule has 0 aliphatic heterocycles. The van der Waals surface area contributed by atoms with Crippen LogP contribution < -0.4 is 0 Å². The van der Waals surface area contributed by atoms with Gasteiger partial charge in [0, 0.05) is 10.0 Å². The van der Waals surface area contributed by atoms with E-state index < -0.39 is 29.5 Å². The van der Waals surface area contributed by atoms with E-state index >= 15 is 0 Å². The van der Waals surface area contributed by atoms with Crippen LogP contribution in [0.5, 0.6) is 0 Å². The molecule has 0 aliphatic rings. The maximum Gasteiger partial charge on any atom is 0.446 e.